The summed E-state index contributed by atoms with van der Waals surface area (Å²) in [5.41, 5.74) is 7.71. The SMILES string of the molecule is Cc1cccc(CN2CCCNCCN(Cc3cccc(C)c3)Cc3cccc(n3)C2)c1. The number of nitrogens with one attached hydrogen (secondary N) is 1. The molecular weight excluding hydrogens is 392 g/mol. The Kier molecular flexibility index (Phi) is 8.05. The molecule has 0 spiro atoms. The third-order valence-electron chi connectivity index (χ3n) is 6.05. The van der Waals surface area contributed by atoms with Crippen LogP contribution in [0.25, 0.3) is 0 Å². The molecule has 0 saturated heterocycles. The number of benzene rings is 2. The van der Waals surface area contributed by atoms with Gasteiger partial charge in [-0.1, -0.05) is 65.7 Å². The van der Waals surface area contributed by atoms with Gasteiger partial charge in [0.15, 0.2) is 0 Å². The number of nitrogens with zero attached hydrogens (tertiary/aromatic N) is 3. The van der Waals surface area contributed by atoms with Crippen molar-refractivity contribution in [3.8, 4) is 0 Å². The normalized spacial score (nSPS) is 16.7. The zero-order chi connectivity index (χ0) is 22.2. The van der Waals surface area contributed by atoms with Crippen molar-refractivity contribution < 1.29 is 0 Å². The van der Waals surface area contributed by atoms with Crippen LogP contribution >= 0.6 is 0 Å². The number of rotatable bonds is 4. The lowest BCUT2D eigenvalue weighted by atomic mass is 10.1. The molecule has 4 rings (SSSR count). The largest absolute Gasteiger partial charge is 0.315 e. The second kappa shape index (κ2) is 11.4. The van der Waals surface area contributed by atoms with Crippen molar-refractivity contribution in [2.75, 3.05) is 26.2 Å². The van der Waals surface area contributed by atoms with Crippen LogP contribution in [0.2, 0.25) is 0 Å². The summed E-state index contributed by atoms with van der Waals surface area (Å²) >= 11 is 0. The number of hydrogen-bond acceptors (Lipinski definition) is 4. The number of pyridine rings is 1. The fourth-order valence-corrected chi connectivity index (χ4v) is 4.52. The number of hydrogen-bond donors (Lipinski definition) is 1. The molecular formula is C28H36N4. The molecule has 0 amide bonds. The molecule has 0 fully saturated rings. The first-order chi connectivity index (χ1) is 15.6. The minimum Gasteiger partial charge on any atom is -0.315 e. The van der Waals surface area contributed by atoms with E-state index in [-0.39, 0.29) is 0 Å². The Morgan fingerprint density at radius 3 is 1.88 bits per heavy atom. The van der Waals surface area contributed by atoms with Crippen molar-refractivity contribution in [2.24, 2.45) is 0 Å². The molecule has 32 heavy (non-hydrogen) atoms. The van der Waals surface area contributed by atoms with Crippen molar-refractivity contribution in [1.29, 1.82) is 0 Å². The molecule has 2 bridgehead atoms. The highest BCUT2D eigenvalue weighted by atomic mass is 15.2. The molecule has 0 radical (unpaired) electrons. The Morgan fingerprint density at radius 2 is 1.28 bits per heavy atom. The predicted molar refractivity (Wildman–Crippen MR) is 132 cm³/mol. The maximum atomic E-state index is 5.05. The molecule has 0 aliphatic carbocycles. The standard InChI is InChI=1S/C28H36N4/c1-23-7-3-9-25(17-23)19-31-15-6-13-29-14-16-32(20-26-10-4-8-24(2)18-26)22-28-12-5-11-27(21-31)30-28/h3-5,7-12,17-18,29H,6,13-16,19-22H2,1-2H3. The summed E-state index contributed by atoms with van der Waals surface area (Å²) in [6.07, 6.45) is 1.14. The highest BCUT2D eigenvalue weighted by Crippen LogP contribution is 2.14. The average molecular weight is 429 g/mol. The summed E-state index contributed by atoms with van der Waals surface area (Å²) < 4.78 is 0. The summed E-state index contributed by atoms with van der Waals surface area (Å²) in [7, 11) is 0. The minimum atomic E-state index is 0.876. The van der Waals surface area contributed by atoms with Crippen LogP contribution in [-0.2, 0) is 26.2 Å². The van der Waals surface area contributed by atoms with Gasteiger partial charge in [0.2, 0.25) is 0 Å². The highest BCUT2D eigenvalue weighted by molar-refractivity contribution is 5.23. The highest BCUT2D eigenvalue weighted by Gasteiger charge is 2.13. The molecule has 168 valence electrons. The van der Waals surface area contributed by atoms with E-state index in [4.69, 9.17) is 4.98 Å². The van der Waals surface area contributed by atoms with E-state index in [1.54, 1.807) is 0 Å². The first kappa shape index (κ1) is 22.7. The Hall–Kier alpha value is -2.53. The van der Waals surface area contributed by atoms with E-state index < -0.39 is 0 Å². The number of aryl methyl sites for hydroxylation is 2. The summed E-state index contributed by atoms with van der Waals surface area (Å²) in [4.78, 5) is 10.1. The Balaban J connectivity index is 1.49. The summed E-state index contributed by atoms with van der Waals surface area (Å²) in [6, 6.07) is 24.2. The van der Waals surface area contributed by atoms with Gasteiger partial charge in [0.1, 0.15) is 0 Å². The third-order valence-corrected chi connectivity index (χ3v) is 6.05. The second-order valence-corrected chi connectivity index (χ2v) is 9.12. The van der Waals surface area contributed by atoms with Crippen molar-refractivity contribution in [1.82, 2.24) is 20.1 Å². The van der Waals surface area contributed by atoms with E-state index in [9.17, 15) is 0 Å². The molecule has 0 atom stereocenters. The van der Waals surface area contributed by atoms with Crippen LogP contribution < -0.4 is 5.32 Å². The molecule has 2 aromatic carbocycles. The molecule has 0 unspecified atom stereocenters. The first-order valence-corrected chi connectivity index (χ1v) is 11.9. The molecule has 1 N–H and O–H groups in total. The van der Waals surface area contributed by atoms with Gasteiger partial charge in [-0.3, -0.25) is 14.8 Å². The van der Waals surface area contributed by atoms with Crippen LogP contribution in [0.1, 0.15) is 40.1 Å². The topological polar surface area (TPSA) is 31.4 Å². The van der Waals surface area contributed by atoms with E-state index >= 15 is 0 Å². The lowest BCUT2D eigenvalue weighted by Gasteiger charge is -2.23. The van der Waals surface area contributed by atoms with Gasteiger partial charge in [0, 0.05) is 45.8 Å². The maximum absolute atomic E-state index is 5.05. The Labute approximate surface area is 193 Å². The van der Waals surface area contributed by atoms with Crippen molar-refractivity contribution in [2.45, 2.75) is 46.4 Å². The second-order valence-electron chi connectivity index (χ2n) is 9.12. The fraction of sp³-hybridized carbons (Fsp3) is 0.393. The number of fused-ring (bicyclic) bond motifs is 2. The van der Waals surface area contributed by atoms with Gasteiger partial charge in [0.05, 0.1) is 11.4 Å². The third kappa shape index (κ3) is 6.99. The molecule has 2 heterocycles. The Bertz CT molecular complexity index is 923. The summed E-state index contributed by atoms with van der Waals surface area (Å²) in [6.45, 7) is 12.2. The van der Waals surface area contributed by atoms with Crippen LogP contribution in [-0.4, -0.2) is 41.0 Å². The van der Waals surface area contributed by atoms with Gasteiger partial charge in [-0.25, -0.2) is 0 Å². The summed E-state index contributed by atoms with van der Waals surface area (Å²) in [5, 5.41) is 3.66. The van der Waals surface area contributed by atoms with Crippen LogP contribution in [0, 0.1) is 13.8 Å². The summed E-state index contributed by atoms with van der Waals surface area (Å²) in [5.74, 6) is 0. The maximum Gasteiger partial charge on any atom is 0.0548 e. The van der Waals surface area contributed by atoms with E-state index in [0.29, 0.717) is 0 Å². The van der Waals surface area contributed by atoms with E-state index in [2.05, 4.69) is 95.7 Å². The van der Waals surface area contributed by atoms with Crippen LogP contribution in [0.5, 0.6) is 0 Å². The van der Waals surface area contributed by atoms with Crippen molar-refractivity contribution in [3.63, 3.8) is 0 Å². The minimum absolute atomic E-state index is 0.876. The zero-order valence-electron chi connectivity index (χ0n) is 19.6. The van der Waals surface area contributed by atoms with E-state index in [1.165, 1.54) is 22.3 Å². The van der Waals surface area contributed by atoms with Gasteiger partial charge in [0.25, 0.3) is 0 Å². The monoisotopic (exact) mass is 428 g/mol. The molecule has 1 aliphatic rings. The molecule has 3 aromatic rings. The molecule has 1 aliphatic heterocycles. The van der Waals surface area contributed by atoms with Crippen LogP contribution in [0.3, 0.4) is 0 Å². The van der Waals surface area contributed by atoms with Crippen molar-refractivity contribution >= 4 is 0 Å². The van der Waals surface area contributed by atoms with Gasteiger partial charge >= 0.3 is 0 Å². The van der Waals surface area contributed by atoms with Gasteiger partial charge in [-0.05, 0) is 50.1 Å². The van der Waals surface area contributed by atoms with E-state index in [1.807, 2.05) is 0 Å². The first-order valence-electron chi connectivity index (χ1n) is 11.9. The van der Waals surface area contributed by atoms with Crippen LogP contribution in [0.4, 0.5) is 0 Å². The smallest absolute Gasteiger partial charge is 0.0548 e. The van der Waals surface area contributed by atoms with Crippen LogP contribution in [0.15, 0.2) is 66.7 Å². The van der Waals surface area contributed by atoms with Gasteiger partial charge in [-0.15, -0.1) is 0 Å². The predicted octanol–water partition coefficient (Wildman–Crippen LogP) is 4.70. The molecule has 4 nitrogen and oxygen atoms in total. The van der Waals surface area contributed by atoms with Gasteiger partial charge in [-0.2, -0.15) is 0 Å². The van der Waals surface area contributed by atoms with Crippen molar-refractivity contribution in [3.05, 3.63) is 100 Å². The quantitative estimate of drug-likeness (QED) is 0.653. The zero-order valence-corrected chi connectivity index (χ0v) is 19.6. The fourth-order valence-electron chi connectivity index (χ4n) is 4.52. The van der Waals surface area contributed by atoms with Gasteiger partial charge < -0.3 is 5.32 Å². The average Bonchev–Trinajstić information content (AvgIpc) is 2.76. The lowest BCUT2D eigenvalue weighted by molar-refractivity contribution is 0.247. The van der Waals surface area contributed by atoms with E-state index in [0.717, 1.165) is 70.2 Å². The molecule has 0 saturated carbocycles. The molecule has 1 aromatic heterocycles. The Morgan fingerprint density at radius 1 is 0.719 bits per heavy atom. The lowest BCUT2D eigenvalue weighted by Crippen LogP contribution is -2.32. The molecule has 4 heteroatoms. The number of aromatic nitrogens is 1.